The SMILES string of the molecule is CCc1c(C(=O)N2CCC(Oc3c(OC)cccc3OC)CC2)cnn1Cc1ccccc1. The number of piperidine rings is 1. The van der Waals surface area contributed by atoms with Gasteiger partial charge in [-0.2, -0.15) is 5.10 Å². The van der Waals surface area contributed by atoms with Gasteiger partial charge < -0.3 is 19.1 Å². The zero-order chi connectivity index (χ0) is 23.2. The van der Waals surface area contributed by atoms with Crippen LogP contribution in [0.15, 0.2) is 54.7 Å². The Morgan fingerprint density at radius 3 is 2.27 bits per heavy atom. The zero-order valence-electron chi connectivity index (χ0n) is 19.5. The van der Waals surface area contributed by atoms with E-state index in [2.05, 4.69) is 24.2 Å². The molecule has 1 saturated heterocycles. The van der Waals surface area contributed by atoms with Crippen LogP contribution in [-0.4, -0.2) is 54.0 Å². The van der Waals surface area contributed by atoms with Crippen molar-refractivity contribution >= 4 is 5.91 Å². The van der Waals surface area contributed by atoms with E-state index in [-0.39, 0.29) is 12.0 Å². The molecule has 33 heavy (non-hydrogen) atoms. The number of para-hydroxylation sites is 1. The minimum Gasteiger partial charge on any atom is -0.493 e. The van der Waals surface area contributed by atoms with E-state index in [1.807, 2.05) is 46.0 Å². The molecule has 0 saturated carbocycles. The number of carbonyl (C=O) groups is 1. The predicted molar refractivity (Wildman–Crippen MR) is 126 cm³/mol. The van der Waals surface area contributed by atoms with Gasteiger partial charge in [0, 0.05) is 25.9 Å². The summed E-state index contributed by atoms with van der Waals surface area (Å²) in [5.41, 5.74) is 2.83. The molecule has 4 rings (SSSR count). The highest BCUT2D eigenvalue weighted by molar-refractivity contribution is 5.95. The molecular formula is C26H31N3O4. The van der Waals surface area contributed by atoms with Crippen LogP contribution in [0.1, 0.15) is 41.4 Å². The number of likely N-dealkylation sites (tertiary alicyclic amines) is 1. The second-order valence-electron chi connectivity index (χ2n) is 8.10. The molecule has 0 N–H and O–H groups in total. The Bertz CT molecular complexity index is 1050. The number of amides is 1. The Morgan fingerprint density at radius 2 is 1.67 bits per heavy atom. The van der Waals surface area contributed by atoms with Gasteiger partial charge in [0.05, 0.1) is 38.2 Å². The topological polar surface area (TPSA) is 65.8 Å². The molecule has 0 bridgehead atoms. The molecule has 1 amide bonds. The van der Waals surface area contributed by atoms with E-state index in [1.165, 1.54) is 5.56 Å². The van der Waals surface area contributed by atoms with Crippen molar-refractivity contribution in [1.29, 1.82) is 0 Å². The first-order chi connectivity index (χ1) is 16.1. The Balaban J connectivity index is 1.41. The highest BCUT2D eigenvalue weighted by atomic mass is 16.5. The molecular weight excluding hydrogens is 418 g/mol. The second-order valence-corrected chi connectivity index (χ2v) is 8.10. The van der Waals surface area contributed by atoms with E-state index in [0.29, 0.717) is 42.4 Å². The fourth-order valence-electron chi connectivity index (χ4n) is 4.30. The molecule has 0 radical (unpaired) electrons. The van der Waals surface area contributed by atoms with Crippen LogP contribution in [0.25, 0.3) is 0 Å². The van der Waals surface area contributed by atoms with Crippen LogP contribution in [0.5, 0.6) is 17.2 Å². The molecule has 2 aromatic carbocycles. The Hall–Kier alpha value is -3.48. The summed E-state index contributed by atoms with van der Waals surface area (Å²) < 4.78 is 19.1. The summed E-state index contributed by atoms with van der Waals surface area (Å²) in [4.78, 5) is 15.2. The highest BCUT2D eigenvalue weighted by Crippen LogP contribution is 2.38. The van der Waals surface area contributed by atoms with Crippen LogP contribution in [-0.2, 0) is 13.0 Å². The normalized spacial score (nSPS) is 14.2. The Kier molecular flexibility index (Phi) is 7.17. The second kappa shape index (κ2) is 10.4. The van der Waals surface area contributed by atoms with Gasteiger partial charge in [-0.3, -0.25) is 9.48 Å². The van der Waals surface area contributed by atoms with Crippen molar-refractivity contribution in [3.05, 3.63) is 71.5 Å². The minimum atomic E-state index is -0.00861. The smallest absolute Gasteiger partial charge is 0.257 e. The molecule has 7 nitrogen and oxygen atoms in total. The van der Waals surface area contributed by atoms with Gasteiger partial charge in [0.1, 0.15) is 6.10 Å². The molecule has 1 aromatic heterocycles. The van der Waals surface area contributed by atoms with Gasteiger partial charge in [0.25, 0.3) is 5.91 Å². The zero-order valence-corrected chi connectivity index (χ0v) is 19.5. The van der Waals surface area contributed by atoms with E-state index in [9.17, 15) is 4.79 Å². The third-order valence-corrected chi connectivity index (χ3v) is 6.09. The van der Waals surface area contributed by atoms with Gasteiger partial charge in [0.2, 0.25) is 5.75 Å². The van der Waals surface area contributed by atoms with Crippen molar-refractivity contribution in [2.24, 2.45) is 0 Å². The van der Waals surface area contributed by atoms with Gasteiger partial charge in [-0.15, -0.1) is 0 Å². The van der Waals surface area contributed by atoms with Gasteiger partial charge >= 0.3 is 0 Å². The largest absolute Gasteiger partial charge is 0.493 e. The number of methoxy groups -OCH3 is 2. The van der Waals surface area contributed by atoms with Crippen molar-refractivity contribution in [2.75, 3.05) is 27.3 Å². The third kappa shape index (κ3) is 4.97. The molecule has 0 unspecified atom stereocenters. The van der Waals surface area contributed by atoms with Crippen LogP contribution in [0, 0.1) is 0 Å². The van der Waals surface area contributed by atoms with E-state index in [1.54, 1.807) is 20.4 Å². The molecule has 0 aliphatic carbocycles. The maximum absolute atomic E-state index is 13.3. The van der Waals surface area contributed by atoms with E-state index < -0.39 is 0 Å². The number of benzene rings is 2. The van der Waals surface area contributed by atoms with Crippen LogP contribution >= 0.6 is 0 Å². The van der Waals surface area contributed by atoms with Crippen molar-refractivity contribution in [3.8, 4) is 17.2 Å². The van der Waals surface area contributed by atoms with Gasteiger partial charge in [0.15, 0.2) is 11.5 Å². The van der Waals surface area contributed by atoms with Crippen LogP contribution < -0.4 is 14.2 Å². The van der Waals surface area contributed by atoms with E-state index in [0.717, 1.165) is 25.0 Å². The molecule has 1 fully saturated rings. The molecule has 2 heterocycles. The summed E-state index contributed by atoms with van der Waals surface area (Å²) in [6, 6.07) is 15.8. The maximum atomic E-state index is 13.3. The molecule has 0 spiro atoms. The Labute approximate surface area is 194 Å². The van der Waals surface area contributed by atoms with Gasteiger partial charge in [-0.1, -0.05) is 43.3 Å². The van der Waals surface area contributed by atoms with Crippen molar-refractivity contribution in [1.82, 2.24) is 14.7 Å². The van der Waals surface area contributed by atoms with Crippen molar-refractivity contribution in [2.45, 2.75) is 38.8 Å². The number of carbonyl (C=O) groups excluding carboxylic acids is 1. The number of hydrogen-bond donors (Lipinski definition) is 0. The third-order valence-electron chi connectivity index (χ3n) is 6.09. The van der Waals surface area contributed by atoms with E-state index >= 15 is 0 Å². The Morgan fingerprint density at radius 1 is 1.00 bits per heavy atom. The maximum Gasteiger partial charge on any atom is 0.257 e. The lowest BCUT2D eigenvalue weighted by molar-refractivity contribution is 0.0584. The van der Waals surface area contributed by atoms with Crippen molar-refractivity contribution in [3.63, 3.8) is 0 Å². The summed E-state index contributed by atoms with van der Waals surface area (Å²) in [5.74, 6) is 1.94. The number of hydrogen-bond acceptors (Lipinski definition) is 5. The first kappa shape index (κ1) is 22.7. The number of rotatable bonds is 8. The minimum absolute atomic E-state index is 0.00861. The van der Waals surface area contributed by atoms with Crippen LogP contribution in [0.2, 0.25) is 0 Å². The van der Waals surface area contributed by atoms with Crippen LogP contribution in [0.4, 0.5) is 0 Å². The molecule has 1 aliphatic heterocycles. The fourth-order valence-corrected chi connectivity index (χ4v) is 4.30. The molecule has 174 valence electrons. The number of nitrogens with zero attached hydrogens (tertiary/aromatic N) is 3. The summed E-state index contributed by atoms with van der Waals surface area (Å²) in [6.45, 7) is 3.99. The first-order valence-electron chi connectivity index (χ1n) is 11.4. The molecule has 1 aliphatic rings. The monoisotopic (exact) mass is 449 g/mol. The average Bonchev–Trinajstić information content (AvgIpc) is 3.27. The van der Waals surface area contributed by atoms with Crippen LogP contribution in [0.3, 0.4) is 0 Å². The average molecular weight is 450 g/mol. The lowest BCUT2D eigenvalue weighted by Crippen LogP contribution is -2.42. The molecule has 7 heteroatoms. The van der Waals surface area contributed by atoms with Gasteiger partial charge in [-0.05, 0) is 24.1 Å². The lowest BCUT2D eigenvalue weighted by atomic mass is 10.1. The summed E-state index contributed by atoms with van der Waals surface area (Å²) >= 11 is 0. The summed E-state index contributed by atoms with van der Waals surface area (Å²) in [5, 5.41) is 4.52. The quantitative estimate of drug-likeness (QED) is 0.516. The summed E-state index contributed by atoms with van der Waals surface area (Å²) in [6.07, 6.45) is 3.94. The van der Waals surface area contributed by atoms with Gasteiger partial charge in [-0.25, -0.2) is 0 Å². The summed E-state index contributed by atoms with van der Waals surface area (Å²) in [7, 11) is 3.23. The number of aromatic nitrogens is 2. The standard InChI is InChI=1S/C26H31N3O4/c1-4-22-21(17-27-29(22)18-19-9-6-5-7-10-19)26(30)28-15-13-20(14-16-28)33-25-23(31-2)11-8-12-24(25)32-3/h5-12,17,20H,4,13-16,18H2,1-3H3. The fraction of sp³-hybridized carbons (Fsp3) is 0.385. The highest BCUT2D eigenvalue weighted by Gasteiger charge is 2.28. The van der Waals surface area contributed by atoms with E-state index in [4.69, 9.17) is 14.2 Å². The number of ether oxygens (including phenoxy) is 3. The predicted octanol–water partition coefficient (Wildman–Crippen LogP) is 4.19. The molecule has 3 aromatic rings. The molecule has 0 atom stereocenters. The first-order valence-corrected chi connectivity index (χ1v) is 11.4. The lowest BCUT2D eigenvalue weighted by Gasteiger charge is -2.32. The van der Waals surface area contributed by atoms with Crippen molar-refractivity contribution < 1.29 is 19.0 Å².